The Morgan fingerprint density at radius 3 is 1.33 bits per heavy atom. The van der Waals surface area contributed by atoms with E-state index in [1.165, 1.54) is 95.5 Å². The molecule has 6 nitrogen and oxygen atoms in total. The van der Waals surface area contributed by atoms with E-state index in [0.29, 0.717) is 17.8 Å². The lowest BCUT2D eigenvalue weighted by molar-refractivity contribution is 0.580. The van der Waals surface area contributed by atoms with Crippen LogP contribution in [0.25, 0.3) is 0 Å². The van der Waals surface area contributed by atoms with E-state index in [-0.39, 0.29) is 0 Å². The van der Waals surface area contributed by atoms with Crippen LogP contribution in [0.1, 0.15) is 122 Å². The van der Waals surface area contributed by atoms with Gasteiger partial charge in [-0.2, -0.15) is 15.0 Å². The fourth-order valence-electron chi connectivity index (χ4n) is 4.27. The topological polar surface area (TPSA) is 74.8 Å². The Morgan fingerprint density at radius 1 is 0.500 bits per heavy atom. The van der Waals surface area contributed by atoms with Gasteiger partial charge in [0.25, 0.3) is 0 Å². The average molecular weight is 497 g/mol. The second-order valence-electron chi connectivity index (χ2n) is 10.1. The Morgan fingerprint density at radius 2 is 0.889 bits per heavy atom. The van der Waals surface area contributed by atoms with Crippen molar-refractivity contribution in [3.05, 3.63) is 29.8 Å². The molecule has 0 aliphatic rings. The van der Waals surface area contributed by atoms with Crippen LogP contribution in [-0.4, -0.2) is 28.0 Å². The van der Waals surface area contributed by atoms with Crippen LogP contribution in [0, 0.1) is 6.92 Å². The lowest BCUT2D eigenvalue weighted by Crippen LogP contribution is -2.12. The van der Waals surface area contributed by atoms with Crippen molar-refractivity contribution in [2.75, 3.05) is 29.0 Å². The first-order valence-corrected chi connectivity index (χ1v) is 14.8. The molecule has 3 N–H and O–H groups in total. The van der Waals surface area contributed by atoms with Crippen LogP contribution in [0.3, 0.4) is 0 Å². The van der Waals surface area contributed by atoms with E-state index in [4.69, 9.17) is 0 Å². The predicted octanol–water partition coefficient (Wildman–Crippen LogP) is 9.03. The molecule has 0 unspecified atom stereocenters. The monoisotopic (exact) mass is 496 g/mol. The molecule has 0 saturated carbocycles. The number of nitrogens with one attached hydrogen (secondary N) is 3. The smallest absolute Gasteiger partial charge is 0.233 e. The molecule has 0 fully saturated rings. The Kier molecular flexibility index (Phi) is 16.4. The van der Waals surface area contributed by atoms with E-state index in [2.05, 4.69) is 75.9 Å². The van der Waals surface area contributed by atoms with E-state index >= 15 is 0 Å². The van der Waals surface area contributed by atoms with Gasteiger partial charge < -0.3 is 16.0 Å². The standard InChI is InChI=1S/C30H52N6/c1-4-6-8-10-12-14-16-18-24-31-28-34-29(32-25-19-17-15-13-11-9-7-5-2)36-30(35-28)33-27-22-20-26(3)21-23-27/h20-23H,4-19,24-25H2,1-3H3,(H3,31,32,33,34,35,36). The quantitative estimate of drug-likeness (QED) is 0.141. The van der Waals surface area contributed by atoms with Crippen molar-refractivity contribution in [3.63, 3.8) is 0 Å². The number of hydrogen-bond donors (Lipinski definition) is 3. The maximum atomic E-state index is 4.64. The Bertz CT molecular complexity index is 752. The van der Waals surface area contributed by atoms with Crippen LogP contribution in [-0.2, 0) is 0 Å². The Balaban J connectivity index is 1.80. The molecule has 2 aromatic rings. The summed E-state index contributed by atoms with van der Waals surface area (Å²) in [7, 11) is 0. The van der Waals surface area contributed by atoms with E-state index in [1.54, 1.807) is 0 Å². The summed E-state index contributed by atoms with van der Waals surface area (Å²) in [6, 6.07) is 8.29. The largest absolute Gasteiger partial charge is 0.354 e. The minimum Gasteiger partial charge on any atom is -0.354 e. The summed E-state index contributed by atoms with van der Waals surface area (Å²) in [4.78, 5) is 13.9. The van der Waals surface area contributed by atoms with Gasteiger partial charge in [0.1, 0.15) is 0 Å². The highest BCUT2D eigenvalue weighted by Crippen LogP contribution is 2.17. The molecule has 36 heavy (non-hydrogen) atoms. The molecule has 6 heteroatoms. The number of aromatic nitrogens is 3. The average Bonchev–Trinajstić information content (AvgIpc) is 2.88. The van der Waals surface area contributed by atoms with Crippen LogP contribution in [0.4, 0.5) is 23.5 Å². The normalized spacial score (nSPS) is 11.0. The zero-order chi connectivity index (χ0) is 25.7. The molecule has 0 radical (unpaired) electrons. The van der Waals surface area contributed by atoms with Crippen LogP contribution in [0.15, 0.2) is 24.3 Å². The number of nitrogens with zero attached hydrogens (tertiary/aromatic N) is 3. The number of hydrogen-bond acceptors (Lipinski definition) is 6. The lowest BCUT2D eigenvalue weighted by Gasteiger charge is -2.12. The third kappa shape index (κ3) is 14.3. The molecule has 0 bridgehead atoms. The molecule has 0 aliphatic heterocycles. The van der Waals surface area contributed by atoms with E-state index in [9.17, 15) is 0 Å². The van der Waals surface area contributed by atoms with Gasteiger partial charge in [-0.05, 0) is 31.9 Å². The molecule has 0 atom stereocenters. The maximum Gasteiger partial charge on any atom is 0.233 e. The molecule has 0 spiro atoms. The van der Waals surface area contributed by atoms with Gasteiger partial charge >= 0.3 is 0 Å². The number of anilines is 4. The summed E-state index contributed by atoms with van der Waals surface area (Å²) in [5, 5.41) is 10.2. The molecule has 0 aliphatic carbocycles. The van der Waals surface area contributed by atoms with Gasteiger partial charge in [-0.3, -0.25) is 0 Å². The van der Waals surface area contributed by atoms with Crippen molar-refractivity contribution in [2.45, 2.75) is 124 Å². The number of unbranched alkanes of at least 4 members (excludes halogenated alkanes) is 14. The molecule has 2 rings (SSSR count). The zero-order valence-electron chi connectivity index (χ0n) is 23.4. The van der Waals surface area contributed by atoms with Crippen LogP contribution in [0.2, 0.25) is 0 Å². The number of aryl methyl sites for hydroxylation is 1. The number of benzene rings is 1. The van der Waals surface area contributed by atoms with Crippen LogP contribution < -0.4 is 16.0 Å². The van der Waals surface area contributed by atoms with Gasteiger partial charge in [0.05, 0.1) is 0 Å². The fourth-order valence-corrected chi connectivity index (χ4v) is 4.27. The summed E-state index contributed by atoms with van der Waals surface area (Å²) in [6.45, 7) is 8.41. The first-order valence-electron chi connectivity index (χ1n) is 14.8. The van der Waals surface area contributed by atoms with Gasteiger partial charge in [-0.15, -0.1) is 0 Å². The van der Waals surface area contributed by atoms with Gasteiger partial charge in [-0.25, -0.2) is 0 Å². The second kappa shape index (κ2) is 19.8. The Hall–Kier alpha value is -2.37. The molecule has 1 heterocycles. The first kappa shape index (κ1) is 29.9. The maximum absolute atomic E-state index is 4.64. The second-order valence-corrected chi connectivity index (χ2v) is 10.1. The fraction of sp³-hybridized carbons (Fsp3) is 0.700. The third-order valence-electron chi connectivity index (χ3n) is 6.57. The van der Waals surface area contributed by atoms with E-state index in [1.807, 2.05) is 0 Å². The van der Waals surface area contributed by atoms with E-state index < -0.39 is 0 Å². The molecular formula is C30H52N6. The van der Waals surface area contributed by atoms with Crippen molar-refractivity contribution >= 4 is 23.5 Å². The Labute approximate surface area is 220 Å². The summed E-state index contributed by atoms with van der Waals surface area (Å²) in [5.41, 5.74) is 2.21. The summed E-state index contributed by atoms with van der Waals surface area (Å²) in [5.74, 6) is 1.85. The van der Waals surface area contributed by atoms with Crippen molar-refractivity contribution in [2.24, 2.45) is 0 Å². The lowest BCUT2D eigenvalue weighted by atomic mass is 10.1. The highest BCUT2D eigenvalue weighted by Gasteiger charge is 2.07. The summed E-state index contributed by atoms with van der Waals surface area (Å²) in [6.07, 6.45) is 21.0. The summed E-state index contributed by atoms with van der Waals surface area (Å²) >= 11 is 0. The highest BCUT2D eigenvalue weighted by atomic mass is 15.3. The van der Waals surface area contributed by atoms with Crippen LogP contribution in [0.5, 0.6) is 0 Å². The third-order valence-corrected chi connectivity index (χ3v) is 6.57. The molecule has 1 aromatic carbocycles. The van der Waals surface area contributed by atoms with Crippen molar-refractivity contribution < 1.29 is 0 Å². The van der Waals surface area contributed by atoms with Crippen molar-refractivity contribution in [3.8, 4) is 0 Å². The van der Waals surface area contributed by atoms with Crippen molar-refractivity contribution in [1.82, 2.24) is 15.0 Å². The first-order chi connectivity index (χ1) is 17.7. The molecule has 0 amide bonds. The van der Waals surface area contributed by atoms with Gasteiger partial charge in [-0.1, -0.05) is 121 Å². The minimum absolute atomic E-state index is 0.575. The minimum atomic E-state index is 0.575. The SMILES string of the molecule is CCCCCCCCCCNc1nc(NCCCCCCCCCC)nc(Nc2ccc(C)cc2)n1. The van der Waals surface area contributed by atoms with Gasteiger partial charge in [0.2, 0.25) is 17.8 Å². The van der Waals surface area contributed by atoms with Crippen LogP contribution >= 0.6 is 0 Å². The number of rotatable bonds is 22. The van der Waals surface area contributed by atoms with Gasteiger partial charge in [0.15, 0.2) is 0 Å². The molecular weight excluding hydrogens is 444 g/mol. The molecule has 1 aromatic heterocycles. The van der Waals surface area contributed by atoms with Crippen molar-refractivity contribution in [1.29, 1.82) is 0 Å². The molecule has 0 saturated heterocycles. The van der Waals surface area contributed by atoms with Gasteiger partial charge in [0, 0.05) is 18.8 Å². The van der Waals surface area contributed by atoms with E-state index in [0.717, 1.165) is 31.6 Å². The predicted molar refractivity (Wildman–Crippen MR) is 156 cm³/mol. The summed E-state index contributed by atoms with van der Waals surface area (Å²) < 4.78 is 0. The highest BCUT2D eigenvalue weighted by molar-refractivity contribution is 5.56. The zero-order valence-corrected chi connectivity index (χ0v) is 23.4. The molecule has 202 valence electrons.